The van der Waals surface area contributed by atoms with Gasteiger partial charge in [-0.15, -0.1) is 0 Å². The summed E-state index contributed by atoms with van der Waals surface area (Å²) in [6.07, 6.45) is 4.08. The van der Waals surface area contributed by atoms with Gasteiger partial charge in [0.1, 0.15) is 11.6 Å². The fraction of sp³-hybridized carbons (Fsp3) is 0.533. The number of nitrogen functional groups attached to an aromatic ring is 1. The van der Waals surface area contributed by atoms with Gasteiger partial charge in [-0.1, -0.05) is 0 Å². The minimum absolute atomic E-state index is 0.117. The molecule has 0 amide bonds. The number of nitrogens with zero attached hydrogens (tertiary/aromatic N) is 1. The second-order valence-corrected chi connectivity index (χ2v) is 5.70. The summed E-state index contributed by atoms with van der Waals surface area (Å²) in [6, 6.07) is 6.50. The predicted molar refractivity (Wildman–Crippen MR) is 75.5 cm³/mol. The highest BCUT2D eigenvalue weighted by molar-refractivity contribution is 5.95. The van der Waals surface area contributed by atoms with E-state index in [0.29, 0.717) is 0 Å². The van der Waals surface area contributed by atoms with Crippen molar-refractivity contribution in [2.45, 2.75) is 31.8 Å². The van der Waals surface area contributed by atoms with Crippen molar-refractivity contribution >= 4 is 5.84 Å². The van der Waals surface area contributed by atoms with Gasteiger partial charge in [-0.2, -0.15) is 0 Å². The van der Waals surface area contributed by atoms with E-state index < -0.39 is 0 Å². The van der Waals surface area contributed by atoms with Gasteiger partial charge in [0.05, 0.1) is 7.11 Å². The van der Waals surface area contributed by atoms with E-state index in [0.717, 1.165) is 35.4 Å². The highest BCUT2D eigenvalue weighted by Crippen LogP contribution is 2.38. The van der Waals surface area contributed by atoms with Crippen LogP contribution in [0.3, 0.4) is 0 Å². The molecular formula is C15H21N3O. The maximum atomic E-state index is 7.55. The number of nitrogens with one attached hydrogen (secondary N) is 1. The van der Waals surface area contributed by atoms with Crippen LogP contribution in [0.2, 0.25) is 0 Å². The Morgan fingerprint density at radius 2 is 2.32 bits per heavy atom. The molecule has 1 aliphatic carbocycles. The average Bonchev–Trinajstić information content (AvgIpc) is 3.01. The maximum absolute atomic E-state index is 7.55. The Morgan fingerprint density at radius 3 is 2.89 bits per heavy atom. The highest BCUT2D eigenvalue weighted by Gasteiger charge is 2.37. The quantitative estimate of drug-likeness (QED) is 0.642. The first-order chi connectivity index (χ1) is 9.17. The van der Waals surface area contributed by atoms with E-state index in [2.05, 4.69) is 4.90 Å². The van der Waals surface area contributed by atoms with Gasteiger partial charge < -0.3 is 10.5 Å². The van der Waals surface area contributed by atoms with Crippen LogP contribution < -0.4 is 10.5 Å². The second kappa shape index (κ2) is 4.85. The van der Waals surface area contributed by atoms with Crippen molar-refractivity contribution in [1.82, 2.24) is 4.90 Å². The largest absolute Gasteiger partial charge is 0.496 e. The van der Waals surface area contributed by atoms with Crippen LogP contribution in [-0.4, -0.2) is 30.4 Å². The van der Waals surface area contributed by atoms with Crippen molar-refractivity contribution in [2.24, 2.45) is 11.7 Å². The molecule has 2 fully saturated rings. The van der Waals surface area contributed by atoms with Crippen molar-refractivity contribution in [3.63, 3.8) is 0 Å². The molecule has 0 radical (unpaired) electrons. The third kappa shape index (κ3) is 2.32. The summed E-state index contributed by atoms with van der Waals surface area (Å²) < 4.78 is 5.43. The van der Waals surface area contributed by atoms with Gasteiger partial charge in [0.2, 0.25) is 0 Å². The molecule has 3 rings (SSSR count). The standard InChI is InChI=1S/C15H21N3O/c1-19-14-5-3-11(15(16)17)7-12(14)9-18-8-10-2-4-13(18)6-10/h3,5,7,10,13H,2,4,6,8-9H2,1H3,(H3,16,17). The van der Waals surface area contributed by atoms with E-state index in [1.54, 1.807) is 7.11 Å². The minimum Gasteiger partial charge on any atom is -0.496 e. The topological polar surface area (TPSA) is 62.3 Å². The summed E-state index contributed by atoms with van der Waals surface area (Å²) in [5.74, 6) is 1.91. The van der Waals surface area contributed by atoms with Crippen LogP contribution in [0.4, 0.5) is 0 Å². The van der Waals surface area contributed by atoms with E-state index in [1.165, 1.54) is 25.8 Å². The van der Waals surface area contributed by atoms with Gasteiger partial charge in [0.15, 0.2) is 0 Å². The number of rotatable bonds is 4. The molecule has 102 valence electrons. The number of fused-ring (bicyclic) bond motifs is 2. The van der Waals surface area contributed by atoms with Gasteiger partial charge in [0.25, 0.3) is 0 Å². The van der Waals surface area contributed by atoms with E-state index >= 15 is 0 Å². The summed E-state index contributed by atoms with van der Waals surface area (Å²) in [5.41, 5.74) is 7.49. The number of amidine groups is 1. The van der Waals surface area contributed by atoms with Crippen molar-refractivity contribution in [1.29, 1.82) is 5.41 Å². The zero-order valence-corrected chi connectivity index (χ0v) is 11.4. The molecule has 1 saturated heterocycles. The smallest absolute Gasteiger partial charge is 0.123 e. The Balaban J connectivity index is 1.82. The fourth-order valence-corrected chi connectivity index (χ4v) is 3.51. The van der Waals surface area contributed by atoms with Crippen LogP contribution in [0.5, 0.6) is 5.75 Å². The number of hydrogen-bond acceptors (Lipinski definition) is 3. The summed E-state index contributed by atoms with van der Waals surface area (Å²) in [4.78, 5) is 2.55. The van der Waals surface area contributed by atoms with Crippen LogP contribution >= 0.6 is 0 Å². The number of nitrogens with two attached hydrogens (primary N) is 1. The van der Waals surface area contributed by atoms with Crippen LogP contribution in [-0.2, 0) is 6.54 Å². The molecule has 0 spiro atoms. The second-order valence-electron chi connectivity index (χ2n) is 5.70. The zero-order chi connectivity index (χ0) is 13.4. The number of likely N-dealkylation sites (tertiary alicyclic amines) is 1. The zero-order valence-electron chi connectivity index (χ0n) is 11.4. The number of piperidine rings is 1. The number of methoxy groups -OCH3 is 1. The molecule has 4 nitrogen and oxygen atoms in total. The molecule has 1 saturated carbocycles. The Hall–Kier alpha value is -1.55. The first-order valence-corrected chi connectivity index (χ1v) is 6.92. The van der Waals surface area contributed by atoms with Crippen molar-refractivity contribution in [3.8, 4) is 5.75 Å². The summed E-state index contributed by atoms with van der Waals surface area (Å²) >= 11 is 0. The lowest BCUT2D eigenvalue weighted by molar-refractivity contribution is 0.203. The van der Waals surface area contributed by atoms with E-state index in [4.69, 9.17) is 15.9 Å². The molecule has 3 N–H and O–H groups in total. The number of ether oxygens (including phenoxy) is 1. The number of benzene rings is 1. The molecule has 1 aliphatic heterocycles. The lowest BCUT2D eigenvalue weighted by atomic mass is 10.1. The van der Waals surface area contributed by atoms with Crippen LogP contribution in [0.25, 0.3) is 0 Å². The van der Waals surface area contributed by atoms with E-state index in [9.17, 15) is 0 Å². The maximum Gasteiger partial charge on any atom is 0.123 e. The van der Waals surface area contributed by atoms with Crippen LogP contribution in [0, 0.1) is 11.3 Å². The first kappa shape index (κ1) is 12.5. The third-order valence-corrected chi connectivity index (χ3v) is 4.49. The third-order valence-electron chi connectivity index (χ3n) is 4.49. The minimum atomic E-state index is 0.117. The molecule has 2 unspecified atom stereocenters. The Morgan fingerprint density at radius 1 is 1.47 bits per heavy atom. The summed E-state index contributed by atoms with van der Waals surface area (Å²) in [5, 5.41) is 7.55. The molecule has 1 aromatic rings. The SMILES string of the molecule is COc1ccc(C(=N)N)cc1CN1CC2CCC1C2. The van der Waals surface area contributed by atoms with Gasteiger partial charge in [-0.05, 0) is 43.4 Å². The van der Waals surface area contributed by atoms with Gasteiger partial charge >= 0.3 is 0 Å². The highest BCUT2D eigenvalue weighted by atomic mass is 16.5. The molecule has 1 heterocycles. The normalized spacial score (nSPS) is 25.7. The molecule has 2 atom stereocenters. The summed E-state index contributed by atoms with van der Waals surface area (Å²) in [6.45, 7) is 2.11. The summed E-state index contributed by atoms with van der Waals surface area (Å²) in [7, 11) is 1.70. The molecule has 0 aromatic heterocycles. The lowest BCUT2D eigenvalue weighted by Crippen LogP contribution is -2.31. The Labute approximate surface area is 114 Å². The van der Waals surface area contributed by atoms with Crippen LogP contribution in [0.15, 0.2) is 18.2 Å². The lowest BCUT2D eigenvalue weighted by Gasteiger charge is -2.27. The number of hydrogen-bond donors (Lipinski definition) is 2. The van der Waals surface area contributed by atoms with Gasteiger partial charge in [0, 0.05) is 30.3 Å². The molecule has 1 aromatic carbocycles. The van der Waals surface area contributed by atoms with Crippen molar-refractivity contribution in [3.05, 3.63) is 29.3 Å². The first-order valence-electron chi connectivity index (χ1n) is 6.92. The van der Waals surface area contributed by atoms with E-state index in [1.807, 2.05) is 18.2 Å². The van der Waals surface area contributed by atoms with Crippen molar-refractivity contribution < 1.29 is 4.74 Å². The van der Waals surface area contributed by atoms with Crippen LogP contribution in [0.1, 0.15) is 30.4 Å². The fourth-order valence-electron chi connectivity index (χ4n) is 3.51. The Bertz CT molecular complexity index is 500. The monoisotopic (exact) mass is 259 g/mol. The Kier molecular flexibility index (Phi) is 3.19. The average molecular weight is 259 g/mol. The predicted octanol–water partition coefficient (Wildman–Crippen LogP) is 1.96. The molecule has 2 bridgehead atoms. The van der Waals surface area contributed by atoms with Gasteiger partial charge in [-0.25, -0.2) is 0 Å². The molecule has 19 heavy (non-hydrogen) atoms. The molecular weight excluding hydrogens is 238 g/mol. The molecule has 2 aliphatic rings. The van der Waals surface area contributed by atoms with E-state index in [-0.39, 0.29) is 5.84 Å². The van der Waals surface area contributed by atoms with Crippen molar-refractivity contribution in [2.75, 3.05) is 13.7 Å². The van der Waals surface area contributed by atoms with Gasteiger partial charge in [-0.3, -0.25) is 10.3 Å². The molecule has 4 heteroatoms.